The van der Waals surface area contributed by atoms with Crippen LogP contribution in [-0.2, 0) is 9.53 Å². The Morgan fingerprint density at radius 2 is 2.31 bits per heavy atom. The molecule has 16 heavy (non-hydrogen) atoms. The highest BCUT2D eigenvalue weighted by Gasteiger charge is 2.10. The van der Waals surface area contributed by atoms with Gasteiger partial charge in [0.1, 0.15) is 6.61 Å². The fourth-order valence-corrected chi connectivity index (χ4v) is 1.98. The van der Waals surface area contributed by atoms with E-state index >= 15 is 0 Å². The molecule has 0 bridgehead atoms. The Kier molecular flexibility index (Phi) is 6.11. The fraction of sp³-hybridized carbons (Fsp3) is 0.583. The molecular formula is C12H19NO2S. The first-order valence-electron chi connectivity index (χ1n) is 5.62. The normalized spacial score (nSPS) is 10.4. The monoisotopic (exact) mass is 241 g/mol. The van der Waals surface area contributed by atoms with Crippen LogP contribution in [0.25, 0.3) is 0 Å². The number of anilines is 1. The van der Waals surface area contributed by atoms with Gasteiger partial charge in [-0.05, 0) is 17.9 Å². The van der Waals surface area contributed by atoms with E-state index in [-0.39, 0.29) is 12.5 Å². The van der Waals surface area contributed by atoms with Gasteiger partial charge in [-0.3, -0.25) is 4.79 Å². The maximum Gasteiger partial charge on any atom is 0.252 e. The molecule has 0 saturated carbocycles. The van der Waals surface area contributed by atoms with Gasteiger partial charge in [-0.2, -0.15) is 11.3 Å². The Balaban J connectivity index is 2.20. The van der Waals surface area contributed by atoms with E-state index in [9.17, 15) is 4.79 Å². The van der Waals surface area contributed by atoms with E-state index in [1.54, 1.807) is 23.3 Å². The number of hydrogen-bond acceptors (Lipinski definition) is 3. The van der Waals surface area contributed by atoms with Crippen LogP contribution in [0.2, 0.25) is 0 Å². The second-order valence-corrected chi connectivity index (χ2v) is 4.47. The zero-order chi connectivity index (χ0) is 11.8. The summed E-state index contributed by atoms with van der Waals surface area (Å²) in [6.45, 7) is 3.00. The van der Waals surface area contributed by atoms with Crippen LogP contribution in [0.4, 0.5) is 5.69 Å². The second kappa shape index (κ2) is 7.41. The maximum absolute atomic E-state index is 11.7. The van der Waals surface area contributed by atoms with Crippen LogP contribution in [-0.4, -0.2) is 26.2 Å². The molecule has 1 amide bonds. The second-order valence-electron chi connectivity index (χ2n) is 3.69. The highest BCUT2D eigenvalue weighted by atomic mass is 32.1. The molecule has 0 radical (unpaired) electrons. The summed E-state index contributed by atoms with van der Waals surface area (Å²) in [6, 6.07) is 1.93. The van der Waals surface area contributed by atoms with Gasteiger partial charge in [0.2, 0.25) is 0 Å². The first-order valence-corrected chi connectivity index (χ1v) is 6.56. The number of carbonyl (C=O) groups excluding carboxylic acids is 1. The molecule has 0 aliphatic carbocycles. The molecule has 0 atom stereocenters. The Labute approximate surface area is 101 Å². The molecule has 0 unspecified atom stereocenters. The topological polar surface area (TPSA) is 29.5 Å². The van der Waals surface area contributed by atoms with Crippen molar-refractivity contribution in [2.45, 2.75) is 26.2 Å². The Bertz CT molecular complexity index is 298. The smallest absolute Gasteiger partial charge is 0.252 e. The molecule has 0 aromatic carbocycles. The summed E-state index contributed by atoms with van der Waals surface area (Å²) >= 11 is 1.59. The molecule has 4 heteroatoms. The number of thiophene rings is 1. The van der Waals surface area contributed by atoms with Crippen LogP contribution >= 0.6 is 11.3 Å². The van der Waals surface area contributed by atoms with Crippen LogP contribution in [0.15, 0.2) is 16.8 Å². The number of nitrogens with zero attached hydrogens (tertiary/aromatic N) is 1. The van der Waals surface area contributed by atoms with Gasteiger partial charge in [0.15, 0.2) is 0 Å². The van der Waals surface area contributed by atoms with Crippen LogP contribution in [0.5, 0.6) is 0 Å². The van der Waals surface area contributed by atoms with Crippen LogP contribution in [0, 0.1) is 0 Å². The SMILES string of the molecule is CCCCCOCC(=O)N(C)c1ccsc1. The zero-order valence-electron chi connectivity index (χ0n) is 9.94. The molecule has 0 aliphatic rings. The Hall–Kier alpha value is -0.870. The number of rotatable bonds is 7. The number of hydrogen-bond donors (Lipinski definition) is 0. The van der Waals surface area contributed by atoms with Crippen molar-refractivity contribution in [1.29, 1.82) is 0 Å². The van der Waals surface area contributed by atoms with Gasteiger partial charge in [-0.1, -0.05) is 19.8 Å². The predicted octanol–water partition coefficient (Wildman–Crippen LogP) is 2.92. The van der Waals surface area contributed by atoms with Gasteiger partial charge in [0, 0.05) is 19.0 Å². The summed E-state index contributed by atoms with van der Waals surface area (Å²) in [6.07, 6.45) is 3.37. The van der Waals surface area contributed by atoms with Crippen molar-refractivity contribution in [3.8, 4) is 0 Å². The third-order valence-corrected chi connectivity index (χ3v) is 3.06. The molecule has 1 heterocycles. The minimum absolute atomic E-state index is 0.00917. The molecule has 90 valence electrons. The quantitative estimate of drug-likeness (QED) is 0.687. The molecule has 1 aromatic rings. The number of carbonyl (C=O) groups is 1. The Morgan fingerprint density at radius 1 is 1.50 bits per heavy atom. The van der Waals surface area contributed by atoms with Crippen molar-refractivity contribution in [3.63, 3.8) is 0 Å². The first-order chi connectivity index (χ1) is 7.75. The molecule has 3 nitrogen and oxygen atoms in total. The summed E-state index contributed by atoms with van der Waals surface area (Å²) in [7, 11) is 1.78. The van der Waals surface area contributed by atoms with E-state index in [0.717, 1.165) is 18.5 Å². The lowest BCUT2D eigenvalue weighted by atomic mass is 10.3. The van der Waals surface area contributed by atoms with E-state index in [1.165, 1.54) is 6.42 Å². The van der Waals surface area contributed by atoms with Gasteiger partial charge in [-0.25, -0.2) is 0 Å². The number of amides is 1. The van der Waals surface area contributed by atoms with Gasteiger partial charge in [-0.15, -0.1) is 0 Å². The molecule has 0 aliphatic heterocycles. The van der Waals surface area contributed by atoms with E-state index in [2.05, 4.69) is 6.92 Å². The van der Waals surface area contributed by atoms with Crippen molar-refractivity contribution < 1.29 is 9.53 Å². The standard InChI is InChI=1S/C12H19NO2S/c1-3-4-5-7-15-9-12(14)13(2)11-6-8-16-10-11/h6,8,10H,3-5,7,9H2,1-2H3. The Morgan fingerprint density at radius 3 is 2.94 bits per heavy atom. The predicted molar refractivity (Wildman–Crippen MR) is 68.1 cm³/mol. The largest absolute Gasteiger partial charge is 0.372 e. The molecule has 1 rings (SSSR count). The summed E-state index contributed by atoms with van der Waals surface area (Å²) in [5.74, 6) is 0.00917. The van der Waals surface area contributed by atoms with Crippen molar-refractivity contribution in [3.05, 3.63) is 16.8 Å². The average molecular weight is 241 g/mol. The summed E-state index contributed by atoms with van der Waals surface area (Å²) in [4.78, 5) is 13.3. The summed E-state index contributed by atoms with van der Waals surface area (Å²) < 4.78 is 5.33. The minimum atomic E-state index is 0.00917. The fourth-order valence-electron chi connectivity index (χ4n) is 1.30. The number of ether oxygens (including phenoxy) is 1. The third-order valence-electron chi connectivity index (χ3n) is 2.39. The number of likely N-dealkylation sites (N-methyl/N-ethyl adjacent to an activating group) is 1. The third kappa shape index (κ3) is 4.33. The first kappa shape index (κ1) is 13.2. The van der Waals surface area contributed by atoms with Gasteiger partial charge < -0.3 is 9.64 Å². The lowest BCUT2D eigenvalue weighted by molar-refractivity contribution is -0.122. The minimum Gasteiger partial charge on any atom is -0.372 e. The summed E-state index contributed by atoms with van der Waals surface area (Å²) in [5, 5.41) is 3.91. The van der Waals surface area contributed by atoms with E-state index in [1.807, 2.05) is 16.8 Å². The van der Waals surface area contributed by atoms with Crippen LogP contribution < -0.4 is 4.90 Å². The highest BCUT2D eigenvalue weighted by molar-refractivity contribution is 7.08. The molecular weight excluding hydrogens is 222 g/mol. The van der Waals surface area contributed by atoms with Crippen molar-refractivity contribution in [2.75, 3.05) is 25.2 Å². The van der Waals surface area contributed by atoms with E-state index in [0.29, 0.717) is 6.61 Å². The average Bonchev–Trinajstić information content (AvgIpc) is 2.81. The van der Waals surface area contributed by atoms with Crippen LogP contribution in [0.1, 0.15) is 26.2 Å². The van der Waals surface area contributed by atoms with Crippen molar-refractivity contribution in [2.24, 2.45) is 0 Å². The van der Waals surface area contributed by atoms with Gasteiger partial charge in [0.05, 0.1) is 5.69 Å². The molecule has 0 fully saturated rings. The van der Waals surface area contributed by atoms with E-state index < -0.39 is 0 Å². The highest BCUT2D eigenvalue weighted by Crippen LogP contribution is 2.16. The zero-order valence-corrected chi connectivity index (χ0v) is 10.8. The maximum atomic E-state index is 11.7. The molecule has 0 N–H and O–H groups in total. The van der Waals surface area contributed by atoms with E-state index in [4.69, 9.17) is 4.74 Å². The summed E-state index contributed by atoms with van der Waals surface area (Å²) in [5.41, 5.74) is 0.937. The van der Waals surface area contributed by atoms with Gasteiger partial charge >= 0.3 is 0 Å². The van der Waals surface area contributed by atoms with Crippen molar-refractivity contribution in [1.82, 2.24) is 0 Å². The van der Waals surface area contributed by atoms with Crippen LogP contribution in [0.3, 0.4) is 0 Å². The van der Waals surface area contributed by atoms with Gasteiger partial charge in [0.25, 0.3) is 5.91 Å². The number of unbranched alkanes of at least 4 members (excludes halogenated alkanes) is 2. The molecule has 0 spiro atoms. The lowest BCUT2D eigenvalue weighted by Crippen LogP contribution is -2.29. The molecule has 0 saturated heterocycles. The lowest BCUT2D eigenvalue weighted by Gasteiger charge is -2.15. The molecule has 1 aromatic heterocycles. The van der Waals surface area contributed by atoms with Crippen molar-refractivity contribution >= 4 is 22.9 Å².